The van der Waals surface area contributed by atoms with Crippen molar-refractivity contribution in [3.05, 3.63) is 0 Å². The summed E-state index contributed by atoms with van der Waals surface area (Å²) >= 11 is 0. The highest BCUT2D eigenvalue weighted by Gasteiger charge is 2.16. The molecule has 0 aromatic carbocycles. The topological polar surface area (TPSA) is 54.5 Å². The number of carbonyl (C=O) groups excluding carboxylic acids is 1. The molecule has 0 fully saturated rings. The van der Waals surface area contributed by atoms with Crippen LogP contribution in [0.3, 0.4) is 0 Å². The fourth-order valence-corrected chi connectivity index (χ4v) is 2.19. The standard InChI is InChI=1S/C7H15NO3S/c1-3-5-6-12(10,11)8(4-2)7-9/h7H,3-6H2,1-2H3. The van der Waals surface area contributed by atoms with Gasteiger partial charge in [-0.15, -0.1) is 0 Å². The van der Waals surface area contributed by atoms with Gasteiger partial charge in [-0.3, -0.25) is 4.79 Å². The Morgan fingerprint density at radius 2 is 1.92 bits per heavy atom. The number of hydrogen-bond acceptors (Lipinski definition) is 3. The molecule has 5 heteroatoms. The maximum Gasteiger partial charge on any atom is 0.237 e. The van der Waals surface area contributed by atoms with Crippen LogP contribution in [-0.2, 0) is 14.8 Å². The van der Waals surface area contributed by atoms with E-state index in [9.17, 15) is 13.2 Å². The highest BCUT2D eigenvalue weighted by Crippen LogP contribution is 2.01. The van der Waals surface area contributed by atoms with Gasteiger partial charge < -0.3 is 0 Å². The summed E-state index contributed by atoms with van der Waals surface area (Å²) in [4.78, 5) is 10.3. The molecule has 12 heavy (non-hydrogen) atoms. The SMILES string of the molecule is CCCCS(=O)(=O)N(C=O)CC. The Kier molecular flexibility index (Phi) is 4.89. The fraction of sp³-hybridized carbons (Fsp3) is 0.857. The van der Waals surface area contributed by atoms with Crippen molar-refractivity contribution < 1.29 is 13.2 Å². The minimum absolute atomic E-state index is 0.0656. The molecule has 0 rings (SSSR count). The van der Waals surface area contributed by atoms with Crippen molar-refractivity contribution in [3.63, 3.8) is 0 Å². The molecule has 0 spiro atoms. The fourth-order valence-electron chi connectivity index (χ4n) is 0.781. The third-order valence-corrected chi connectivity index (χ3v) is 3.41. The smallest absolute Gasteiger partial charge is 0.237 e. The van der Waals surface area contributed by atoms with E-state index in [0.717, 1.165) is 10.7 Å². The monoisotopic (exact) mass is 193 g/mol. The lowest BCUT2D eigenvalue weighted by molar-refractivity contribution is -0.114. The van der Waals surface area contributed by atoms with E-state index in [4.69, 9.17) is 0 Å². The molecule has 1 amide bonds. The van der Waals surface area contributed by atoms with E-state index >= 15 is 0 Å². The van der Waals surface area contributed by atoms with Gasteiger partial charge in [0.15, 0.2) is 0 Å². The van der Waals surface area contributed by atoms with E-state index in [-0.39, 0.29) is 12.3 Å². The van der Waals surface area contributed by atoms with Crippen molar-refractivity contribution >= 4 is 16.4 Å². The molecule has 0 atom stereocenters. The Morgan fingerprint density at radius 1 is 1.33 bits per heavy atom. The van der Waals surface area contributed by atoms with E-state index in [1.807, 2.05) is 6.92 Å². The second-order valence-corrected chi connectivity index (χ2v) is 4.52. The maximum absolute atomic E-state index is 11.2. The van der Waals surface area contributed by atoms with Crippen molar-refractivity contribution in [1.29, 1.82) is 0 Å². The summed E-state index contributed by atoms with van der Waals surface area (Å²) in [6.45, 7) is 3.76. The average Bonchev–Trinajstić information content (AvgIpc) is 2.03. The summed E-state index contributed by atoms with van der Waals surface area (Å²) in [7, 11) is -3.32. The molecule has 0 saturated heterocycles. The van der Waals surface area contributed by atoms with Crippen LogP contribution >= 0.6 is 0 Å². The van der Waals surface area contributed by atoms with Crippen LogP contribution in [0.2, 0.25) is 0 Å². The molecule has 0 aromatic rings. The Labute approximate surface area is 73.6 Å². The Morgan fingerprint density at radius 3 is 2.25 bits per heavy atom. The van der Waals surface area contributed by atoms with Crippen LogP contribution in [0.4, 0.5) is 0 Å². The van der Waals surface area contributed by atoms with Crippen LogP contribution in [-0.4, -0.2) is 31.4 Å². The molecule has 0 heterocycles. The second kappa shape index (κ2) is 5.13. The zero-order chi connectivity index (χ0) is 9.61. The quantitative estimate of drug-likeness (QED) is 0.580. The molecular formula is C7H15NO3S. The molecule has 0 aliphatic rings. The zero-order valence-electron chi connectivity index (χ0n) is 7.49. The minimum Gasteiger partial charge on any atom is -0.278 e. The van der Waals surface area contributed by atoms with Crippen LogP contribution in [0, 0.1) is 0 Å². The van der Waals surface area contributed by atoms with E-state index < -0.39 is 10.0 Å². The lowest BCUT2D eigenvalue weighted by Gasteiger charge is -2.14. The van der Waals surface area contributed by atoms with Crippen molar-refractivity contribution in [3.8, 4) is 0 Å². The molecule has 0 bridgehead atoms. The number of sulfonamides is 1. The first-order valence-electron chi connectivity index (χ1n) is 4.03. The third kappa shape index (κ3) is 3.21. The normalized spacial score (nSPS) is 11.2. The first-order chi connectivity index (χ1) is 5.58. The van der Waals surface area contributed by atoms with Crippen molar-refractivity contribution in [2.45, 2.75) is 26.7 Å². The van der Waals surface area contributed by atoms with Crippen LogP contribution in [0.15, 0.2) is 0 Å². The Balaban J connectivity index is 4.27. The van der Waals surface area contributed by atoms with Gasteiger partial charge in [-0.05, 0) is 13.3 Å². The first kappa shape index (κ1) is 11.4. The average molecular weight is 193 g/mol. The van der Waals surface area contributed by atoms with Crippen LogP contribution < -0.4 is 0 Å². The molecular weight excluding hydrogens is 178 g/mol. The van der Waals surface area contributed by atoms with Crippen LogP contribution in [0.5, 0.6) is 0 Å². The summed E-state index contributed by atoms with van der Waals surface area (Å²) < 4.78 is 23.3. The molecule has 4 nitrogen and oxygen atoms in total. The lowest BCUT2D eigenvalue weighted by Crippen LogP contribution is -2.31. The van der Waals surface area contributed by atoms with Gasteiger partial charge >= 0.3 is 0 Å². The molecule has 0 aliphatic carbocycles. The first-order valence-corrected chi connectivity index (χ1v) is 5.64. The van der Waals surface area contributed by atoms with Crippen molar-refractivity contribution in [2.75, 3.05) is 12.3 Å². The second-order valence-electron chi connectivity index (χ2n) is 2.48. The van der Waals surface area contributed by atoms with E-state index in [0.29, 0.717) is 12.8 Å². The van der Waals surface area contributed by atoms with E-state index in [1.54, 1.807) is 6.92 Å². The molecule has 0 aromatic heterocycles. The predicted molar refractivity (Wildman–Crippen MR) is 47.1 cm³/mol. The molecule has 72 valence electrons. The van der Waals surface area contributed by atoms with Crippen molar-refractivity contribution in [1.82, 2.24) is 4.31 Å². The minimum atomic E-state index is -3.32. The number of rotatable bonds is 6. The van der Waals surface area contributed by atoms with Crippen LogP contribution in [0.1, 0.15) is 26.7 Å². The number of amides is 1. The highest BCUT2D eigenvalue weighted by atomic mass is 32.2. The molecule has 0 aliphatic heterocycles. The van der Waals surface area contributed by atoms with Gasteiger partial charge in [-0.1, -0.05) is 13.3 Å². The Hall–Kier alpha value is -0.580. The molecule has 0 radical (unpaired) electrons. The van der Waals surface area contributed by atoms with Gasteiger partial charge in [-0.2, -0.15) is 0 Å². The van der Waals surface area contributed by atoms with Gasteiger partial charge in [0, 0.05) is 6.54 Å². The summed E-state index contributed by atoms with van der Waals surface area (Å²) in [6.07, 6.45) is 1.79. The van der Waals surface area contributed by atoms with E-state index in [1.165, 1.54) is 0 Å². The number of unbranched alkanes of at least 4 members (excludes halogenated alkanes) is 1. The summed E-state index contributed by atoms with van der Waals surface area (Å²) in [5, 5.41) is 0. The largest absolute Gasteiger partial charge is 0.278 e. The predicted octanol–water partition coefficient (Wildman–Crippen LogP) is 0.595. The molecule has 0 unspecified atom stereocenters. The maximum atomic E-state index is 11.2. The number of nitrogens with zero attached hydrogens (tertiary/aromatic N) is 1. The van der Waals surface area contributed by atoms with Gasteiger partial charge in [-0.25, -0.2) is 12.7 Å². The van der Waals surface area contributed by atoms with Gasteiger partial charge in [0.1, 0.15) is 0 Å². The van der Waals surface area contributed by atoms with Gasteiger partial charge in [0.2, 0.25) is 16.4 Å². The highest BCUT2D eigenvalue weighted by molar-refractivity contribution is 7.89. The van der Waals surface area contributed by atoms with Gasteiger partial charge in [0.25, 0.3) is 0 Å². The third-order valence-electron chi connectivity index (χ3n) is 1.54. The van der Waals surface area contributed by atoms with Crippen molar-refractivity contribution in [2.24, 2.45) is 0 Å². The summed E-state index contributed by atoms with van der Waals surface area (Å²) in [5.41, 5.74) is 0. The number of hydrogen-bond donors (Lipinski definition) is 0. The molecule has 0 N–H and O–H groups in total. The zero-order valence-corrected chi connectivity index (χ0v) is 8.30. The van der Waals surface area contributed by atoms with Crippen LogP contribution in [0.25, 0.3) is 0 Å². The number of carbonyl (C=O) groups is 1. The summed E-state index contributed by atoms with van der Waals surface area (Å²) in [5.74, 6) is 0.0656. The van der Waals surface area contributed by atoms with Gasteiger partial charge in [0.05, 0.1) is 5.75 Å². The molecule has 0 saturated carbocycles. The van der Waals surface area contributed by atoms with E-state index in [2.05, 4.69) is 0 Å². The Bertz CT molecular complexity index is 223. The lowest BCUT2D eigenvalue weighted by atomic mass is 10.4. The summed E-state index contributed by atoms with van der Waals surface area (Å²) in [6, 6.07) is 0.